The molecule has 0 atom stereocenters. The van der Waals surface area contributed by atoms with E-state index in [4.69, 9.17) is 33.3 Å². The summed E-state index contributed by atoms with van der Waals surface area (Å²) in [6.07, 6.45) is 1.82. The Morgan fingerprint density at radius 2 is 1.97 bits per heavy atom. The molecule has 0 aliphatic carbocycles. The molecule has 0 bridgehead atoms. The third-order valence-electron chi connectivity index (χ3n) is 4.01. The summed E-state index contributed by atoms with van der Waals surface area (Å²) in [6, 6.07) is 10.9. The minimum absolute atomic E-state index is 0.183. The van der Waals surface area contributed by atoms with Gasteiger partial charge in [-0.3, -0.25) is 9.69 Å². The van der Waals surface area contributed by atoms with Crippen LogP contribution < -0.4 is 14.4 Å². The van der Waals surface area contributed by atoms with E-state index in [9.17, 15) is 4.79 Å². The predicted molar refractivity (Wildman–Crippen MR) is 128 cm³/mol. The number of thioether (sulfide) groups is 1. The Labute approximate surface area is 193 Å². The van der Waals surface area contributed by atoms with Gasteiger partial charge in [0, 0.05) is 0 Å². The van der Waals surface area contributed by atoms with Crippen molar-refractivity contribution in [2.75, 3.05) is 18.6 Å². The smallest absolute Gasteiger partial charge is 0.270 e. The van der Waals surface area contributed by atoms with Gasteiger partial charge in [-0.05, 0) is 63.8 Å². The largest absolute Gasteiger partial charge is 0.495 e. The molecule has 0 aromatic heterocycles. The van der Waals surface area contributed by atoms with Crippen molar-refractivity contribution < 1.29 is 14.3 Å². The van der Waals surface area contributed by atoms with Gasteiger partial charge in [-0.15, -0.1) is 0 Å². The molecule has 3 rings (SSSR count). The lowest BCUT2D eigenvalue weighted by atomic mass is 10.2. The number of benzene rings is 2. The molecular weight excluding hydrogens is 494 g/mol. The number of amides is 1. The fourth-order valence-electron chi connectivity index (χ4n) is 2.62. The van der Waals surface area contributed by atoms with Crippen LogP contribution in [-0.2, 0) is 4.79 Å². The van der Waals surface area contributed by atoms with Gasteiger partial charge in [0.25, 0.3) is 5.91 Å². The summed E-state index contributed by atoms with van der Waals surface area (Å²) in [4.78, 5) is 15.0. The molecule has 0 N–H and O–H groups in total. The summed E-state index contributed by atoms with van der Waals surface area (Å²) >= 11 is 16.4. The Hall–Kier alpha value is -1.54. The van der Waals surface area contributed by atoms with Crippen molar-refractivity contribution in [3.8, 4) is 11.5 Å². The molecule has 1 heterocycles. The fourth-order valence-corrected chi connectivity index (χ4v) is 4.68. The maximum absolute atomic E-state index is 13.0. The van der Waals surface area contributed by atoms with Gasteiger partial charge in [-0.25, -0.2) is 0 Å². The van der Waals surface area contributed by atoms with E-state index in [1.54, 1.807) is 25.3 Å². The zero-order valence-electron chi connectivity index (χ0n) is 16.1. The minimum Gasteiger partial charge on any atom is -0.495 e. The third kappa shape index (κ3) is 5.15. The second-order valence-electron chi connectivity index (χ2n) is 6.73. The normalized spacial score (nSPS) is 15.5. The molecular formula is C21H19BrClNO3S2. The zero-order chi connectivity index (χ0) is 21.1. The molecule has 1 fully saturated rings. The molecule has 0 unspecified atom stereocenters. The Kier molecular flexibility index (Phi) is 7.27. The third-order valence-corrected chi connectivity index (χ3v) is 6.23. The van der Waals surface area contributed by atoms with Gasteiger partial charge in [-0.1, -0.05) is 55.5 Å². The van der Waals surface area contributed by atoms with Gasteiger partial charge in [0.2, 0.25) is 0 Å². The molecule has 1 saturated heterocycles. The highest BCUT2D eigenvalue weighted by Crippen LogP contribution is 2.39. The number of rotatable bonds is 6. The SMILES string of the molecule is COc1ccc(N2C(=O)/C(=C/c3ccc(OCC(C)C)c(Br)c3)SC2=S)cc1Cl. The molecule has 4 nitrogen and oxygen atoms in total. The average molecular weight is 513 g/mol. The summed E-state index contributed by atoms with van der Waals surface area (Å²) in [6.45, 7) is 4.83. The molecule has 0 saturated carbocycles. The first kappa shape index (κ1) is 22.2. The number of carbonyl (C=O) groups is 1. The van der Waals surface area contributed by atoms with Gasteiger partial charge in [0.15, 0.2) is 4.32 Å². The second-order valence-corrected chi connectivity index (χ2v) is 9.67. The van der Waals surface area contributed by atoms with Crippen LogP contribution in [0.5, 0.6) is 11.5 Å². The number of hydrogen-bond donors (Lipinski definition) is 0. The van der Waals surface area contributed by atoms with Crippen molar-refractivity contribution in [3.05, 3.63) is 56.4 Å². The van der Waals surface area contributed by atoms with E-state index in [1.165, 1.54) is 16.7 Å². The molecule has 2 aromatic rings. The fraction of sp³-hybridized carbons (Fsp3) is 0.238. The summed E-state index contributed by atoms with van der Waals surface area (Å²) in [5.74, 6) is 1.57. The second kappa shape index (κ2) is 9.51. The number of hydrogen-bond acceptors (Lipinski definition) is 5. The van der Waals surface area contributed by atoms with Crippen molar-refractivity contribution >= 4 is 73.5 Å². The van der Waals surface area contributed by atoms with E-state index >= 15 is 0 Å². The molecule has 1 aliphatic rings. The topological polar surface area (TPSA) is 38.8 Å². The molecule has 1 amide bonds. The zero-order valence-corrected chi connectivity index (χ0v) is 20.0. The lowest BCUT2D eigenvalue weighted by Crippen LogP contribution is -2.27. The van der Waals surface area contributed by atoms with E-state index in [0.29, 0.717) is 38.2 Å². The minimum atomic E-state index is -0.183. The first-order valence-electron chi connectivity index (χ1n) is 8.84. The van der Waals surface area contributed by atoms with Crippen LogP contribution >= 0.6 is 51.5 Å². The Morgan fingerprint density at radius 3 is 2.59 bits per heavy atom. The molecule has 0 spiro atoms. The molecule has 29 heavy (non-hydrogen) atoms. The molecule has 152 valence electrons. The van der Waals surface area contributed by atoms with E-state index in [2.05, 4.69) is 29.8 Å². The monoisotopic (exact) mass is 511 g/mol. The van der Waals surface area contributed by atoms with E-state index < -0.39 is 0 Å². The Morgan fingerprint density at radius 1 is 1.24 bits per heavy atom. The van der Waals surface area contributed by atoms with E-state index in [1.807, 2.05) is 24.3 Å². The van der Waals surface area contributed by atoms with Crippen LogP contribution in [-0.4, -0.2) is 23.9 Å². The molecule has 2 aromatic carbocycles. The van der Waals surface area contributed by atoms with Crippen LogP contribution in [0.2, 0.25) is 5.02 Å². The van der Waals surface area contributed by atoms with E-state index in [-0.39, 0.29) is 5.91 Å². The van der Waals surface area contributed by atoms with Crippen LogP contribution in [0.1, 0.15) is 19.4 Å². The van der Waals surface area contributed by atoms with Crippen molar-refractivity contribution in [3.63, 3.8) is 0 Å². The van der Waals surface area contributed by atoms with Crippen LogP contribution in [0, 0.1) is 5.92 Å². The lowest BCUT2D eigenvalue weighted by molar-refractivity contribution is -0.113. The first-order valence-corrected chi connectivity index (χ1v) is 11.2. The number of thiocarbonyl (C=S) groups is 1. The van der Waals surface area contributed by atoms with Gasteiger partial charge >= 0.3 is 0 Å². The van der Waals surface area contributed by atoms with E-state index in [0.717, 1.165) is 15.8 Å². The summed E-state index contributed by atoms with van der Waals surface area (Å²) in [7, 11) is 1.54. The van der Waals surface area contributed by atoms with Gasteiger partial charge in [0.05, 0.1) is 33.8 Å². The summed E-state index contributed by atoms with van der Waals surface area (Å²) < 4.78 is 12.2. The quantitative estimate of drug-likeness (QED) is 0.324. The first-order chi connectivity index (χ1) is 13.8. The number of anilines is 1. The van der Waals surface area contributed by atoms with Gasteiger partial charge in [-0.2, -0.15) is 0 Å². The van der Waals surface area contributed by atoms with Crippen molar-refractivity contribution in [1.29, 1.82) is 0 Å². The maximum atomic E-state index is 13.0. The summed E-state index contributed by atoms with van der Waals surface area (Å²) in [5, 5.41) is 0.420. The lowest BCUT2D eigenvalue weighted by Gasteiger charge is -2.15. The van der Waals surface area contributed by atoms with Crippen molar-refractivity contribution in [2.24, 2.45) is 5.92 Å². The predicted octanol–water partition coefficient (Wildman–Crippen LogP) is 6.55. The summed E-state index contributed by atoms with van der Waals surface area (Å²) in [5.41, 5.74) is 1.49. The molecule has 8 heteroatoms. The average Bonchev–Trinajstić information content (AvgIpc) is 2.94. The maximum Gasteiger partial charge on any atom is 0.270 e. The number of halogens is 2. The van der Waals surface area contributed by atoms with Crippen LogP contribution in [0.3, 0.4) is 0 Å². The Balaban J connectivity index is 1.83. The number of nitrogens with zero attached hydrogens (tertiary/aromatic N) is 1. The number of carbonyl (C=O) groups excluding carboxylic acids is 1. The standard InChI is InChI=1S/C21H19BrClNO3S2/c1-12(2)11-27-17-6-4-13(8-15(17)22)9-19-20(25)24(21(28)29-19)14-5-7-18(26-3)16(23)10-14/h4-10,12H,11H2,1-3H3/b19-9-. The van der Waals surface area contributed by atoms with Crippen LogP contribution in [0.25, 0.3) is 6.08 Å². The highest BCUT2D eigenvalue weighted by atomic mass is 79.9. The van der Waals surface area contributed by atoms with Gasteiger partial charge in [0.1, 0.15) is 11.5 Å². The number of methoxy groups -OCH3 is 1. The number of ether oxygens (including phenoxy) is 2. The van der Waals surface area contributed by atoms with Crippen molar-refractivity contribution in [1.82, 2.24) is 0 Å². The van der Waals surface area contributed by atoms with Crippen molar-refractivity contribution in [2.45, 2.75) is 13.8 Å². The van der Waals surface area contributed by atoms with Crippen LogP contribution in [0.15, 0.2) is 45.8 Å². The highest BCUT2D eigenvalue weighted by Gasteiger charge is 2.33. The highest BCUT2D eigenvalue weighted by molar-refractivity contribution is 9.10. The van der Waals surface area contributed by atoms with Gasteiger partial charge < -0.3 is 9.47 Å². The van der Waals surface area contributed by atoms with Crippen LogP contribution in [0.4, 0.5) is 5.69 Å². The molecule has 1 aliphatic heterocycles. The Bertz CT molecular complexity index is 994. The molecule has 0 radical (unpaired) electrons.